The first-order valence-electron chi connectivity index (χ1n) is 6.70. The predicted octanol–water partition coefficient (Wildman–Crippen LogP) is 1.55. The highest BCUT2D eigenvalue weighted by molar-refractivity contribution is 7.99. The Morgan fingerprint density at radius 3 is 2.63 bits per heavy atom. The zero-order chi connectivity index (χ0) is 13.8. The first-order chi connectivity index (χ1) is 9.09. The van der Waals surface area contributed by atoms with Gasteiger partial charge in [-0.05, 0) is 33.1 Å². The van der Waals surface area contributed by atoms with Crippen molar-refractivity contribution in [1.82, 2.24) is 19.7 Å². The number of amides is 1. The average Bonchev–Trinajstić information content (AvgIpc) is 2.78. The van der Waals surface area contributed by atoms with Gasteiger partial charge in [0.15, 0.2) is 5.16 Å². The van der Waals surface area contributed by atoms with E-state index in [4.69, 9.17) is 5.73 Å². The van der Waals surface area contributed by atoms with Crippen molar-refractivity contribution in [2.45, 2.75) is 44.3 Å². The molecule has 0 spiro atoms. The minimum Gasteiger partial charge on any atom is -0.368 e. The van der Waals surface area contributed by atoms with E-state index in [0.29, 0.717) is 11.7 Å². The van der Waals surface area contributed by atoms with Gasteiger partial charge >= 0.3 is 0 Å². The van der Waals surface area contributed by atoms with Gasteiger partial charge in [0, 0.05) is 19.1 Å². The van der Waals surface area contributed by atoms with Gasteiger partial charge in [0.1, 0.15) is 0 Å². The largest absolute Gasteiger partial charge is 0.368 e. The molecule has 1 saturated heterocycles. The molecule has 2 N–H and O–H groups in total. The number of carbonyl (C=O) groups is 1. The predicted molar refractivity (Wildman–Crippen MR) is 76.0 cm³/mol. The highest BCUT2D eigenvalue weighted by Crippen LogP contribution is 2.23. The molecule has 2 rings (SSSR count). The van der Waals surface area contributed by atoms with Crippen molar-refractivity contribution in [3.63, 3.8) is 0 Å². The third-order valence-corrected chi connectivity index (χ3v) is 4.17. The number of hydrogen-bond acceptors (Lipinski definition) is 5. The Hall–Kier alpha value is -1.24. The first kappa shape index (κ1) is 14.2. The van der Waals surface area contributed by atoms with Crippen LogP contribution >= 0.6 is 11.8 Å². The zero-order valence-electron chi connectivity index (χ0n) is 11.5. The second-order valence-electron chi connectivity index (χ2n) is 5.03. The molecular weight excluding hydrogens is 262 g/mol. The number of thioether (sulfide) groups is 1. The number of carbonyl (C=O) groups excluding carboxylic acids is 1. The number of hydrogen-bond donors (Lipinski definition) is 1. The Bertz CT molecular complexity index is 439. The lowest BCUT2D eigenvalue weighted by atomic mass is 10.1. The number of rotatable bonds is 4. The number of anilines is 1. The summed E-state index contributed by atoms with van der Waals surface area (Å²) >= 11 is 1.42. The molecule has 0 saturated carbocycles. The van der Waals surface area contributed by atoms with Crippen molar-refractivity contribution in [1.29, 1.82) is 0 Å². The molecule has 0 aliphatic carbocycles. The molecule has 19 heavy (non-hydrogen) atoms. The Morgan fingerprint density at radius 1 is 1.32 bits per heavy atom. The van der Waals surface area contributed by atoms with Crippen molar-refractivity contribution < 1.29 is 4.79 Å². The molecule has 2 heterocycles. The molecule has 0 aromatic carbocycles. The maximum atomic E-state index is 12.1. The zero-order valence-corrected chi connectivity index (χ0v) is 12.3. The highest BCUT2D eigenvalue weighted by Gasteiger charge is 2.19. The molecule has 0 unspecified atom stereocenters. The van der Waals surface area contributed by atoms with Crippen LogP contribution in [-0.4, -0.2) is 44.4 Å². The standard InChI is InChI=1S/C12H21N5OS/c1-9(2)17-11(13)14-15-12(17)19-8-10(18)16-6-4-3-5-7-16/h9H,3-8H2,1-2H3,(H2,13,14). The molecule has 1 aliphatic heterocycles. The molecule has 0 atom stereocenters. The number of nitrogen functional groups attached to an aromatic ring is 1. The van der Waals surface area contributed by atoms with E-state index in [1.54, 1.807) is 0 Å². The maximum absolute atomic E-state index is 12.1. The van der Waals surface area contributed by atoms with Crippen molar-refractivity contribution >= 4 is 23.6 Å². The third-order valence-electron chi connectivity index (χ3n) is 3.24. The second-order valence-corrected chi connectivity index (χ2v) is 5.98. The lowest BCUT2D eigenvalue weighted by molar-refractivity contribution is -0.129. The van der Waals surface area contributed by atoms with Gasteiger partial charge in [-0.1, -0.05) is 11.8 Å². The SMILES string of the molecule is CC(C)n1c(N)nnc1SCC(=O)N1CCCCC1. The molecule has 6 nitrogen and oxygen atoms in total. The van der Waals surface area contributed by atoms with E-state index in [1.165, 1.54) is 18.2 Å². The topological polar surface area (TPSA) is 77.0 Å². The summed E-state index contributed by atoms with van der Waals surface area (Å²) in [4.78, 5) is 14.0. The fourth-order valence-electron chi connectivity index (χ4n) is 2.23. The highest BCUT2D eigenvalue weighted by atomic mass is 32.2. The second kappa shape index (κ2) is 6.27. The summed E-state index contributed by atoms with van der Waals surface area (Å²) in [5.74, 6) is 0.995. The lowest BCUT2D eigenvalue weighted by Gasteiger charge is -2.26. The van der Waals surface area contributed by atoms with Gasteiger partial charge in [-0.2, -0.15) is 0 Å². The average molecular weight is 283 g/mol. The van der Waals surface area contributed by atoms with Gasteiger partial charge in [0.2, 0.25) is 11.9 Å². The van der Waals surface area contributed by atoms with Crippen LogP contribution in [0, 0.1) is 0 Å². The number of aromatic nitrogens is 3. The molecule has 1 aromatic heterocycles. The summed E-state index contributed by atoms with van der Waals surface area (Å²) in [6.07, 6.45) is 3.46. The first-order valence-corrected chi connectivity index (χ1v) is 7.69. The number of nitrogens with zero attached hydrogens (tertiary/aromatic N) is 4. The van der Waals surface area contributed by atoms with Crippen LogP contribution in [0.3, 0.4) is 0 Å². The third kappa shape index (κ3) is 3.40. The van der Waals surface area contributed by atoms with Crippen LogP contribution < -0.4 is 5.73 Å². The lowest BCUT2D eigenvalue weighted by Crippen LogP contribution is -2.36. The molecular formula is C12H21N5OS. The van der Waals surface area contributed by atoms with Crippen molar-refractivity contribution in [2.75, 3.05) is 24.6 Å². The van der Waals surface area contributed by atoms with Crippen LogP contribution in [0.5, 0.6) is 0 Å². The van der Waals surface area contributed by atoms with E-state index >= 15 is 0 Å². The molecule has 0 radical (unpaired) electrons. The number of nitrogens with two attached hydrogens (primary N) is 1. The molecule has 0 bridgehead atoms. The van der Waals surface area contributed by atoms with Crippen molar-refractivity contribution in [2.24, 2.45) is 0 Å². The van der Waals surface area contributed by atoms with Gasteiger partial charge in [-0.3, -0.25) is 9.36 Å². The van der Waals surface area contributed by atoms with E-state index in [9.17, 15) is 4.79 Å². The fraction of sp³-hybridized carbons (Fsp3) is 0.750. The Kier molecular flexibility index (Phi) is 4.68. The van der Waals surface area contributed by atoms with Crippen LogP contribution in [0.1, 0.15) is 39.2 Å². The Balaban J connectivity index is 1.93. The number of likely N-dealkylation sites (tertiary alicyclic amines) is 1. The van der Waals surface area contributed by atoms with E-state index in [2.05, 4.69) is 10.2 Å². The van der Waals surface area contributed by atoms with Crippen molar-refractivity contribution in [3.8, 4) is 0 Å². The Morgan fingerprint density at radius 2 is 2.00 bits per heavy atom. The molecule has 7 heteroatoms. The van der Waals surface area contributed by atoms with Crippen LogP contribution in [0.15, 0.2) is 5.16 Å². The summed E-state index contributed by atoms with van der Waals surface area (Å²) < 4.78 is 1.86. The van der Waals surface area contributed by atoms with E-state index in [-0.39, 0.29) is 11.9 Å². The van der Waals surface area contributed by atoms with E-state index in [0.717, 1.165) is 31.1 Å². The maximum Gasteiger partial charge on any atom is 0.233 e. The van der Waals surface area contributed by atoms with Gasteiger partial charge in [-0.15, -0.1) is 10.2 Å². The molecule has 1 aliphatic rings. The molecule has 1 amide bonds. The van der Waals surface area contributed by atoms with Gasteiger partial charge in [0.25, 0.3) is 0 Å². The van der Waals surface area contributed by atoms with Gasteiger partial charge in [0.05, 0.1) is 5.75 Å². The van der Waals surface area contributed by atoms with Gasteiger partial charge < -0.3 is 10.6 Å². The summed E-state index contributed by atoms with van der Waals surface area (Å²) in [6, 6.07) is 0.197. The summed E-state index contributed by atoms with van der Waals surface area (Å²) in [7, 11) is 0. The minimum atomic E-state index is 0.182. The fourth-order valence-corrected chi connectivity index (χ4v) is 3.21. The summed E-state index contributed by atoms with van der Waals surface area (Å²) in [5.41, 5.74) is 5.77. The van der Waals surface area contributed by atoms with Gasteiger partial charge in [-0.25, -0.2) is 0 Å². The summed E-state index contributed by atoms with van der Waals surface area (Å²) in [6.45, 7) is 5.82. The van der Waals surface area contributed by atoms with E-state index < -0.39 is 0 Å². The molecule has 1 aromatic rings. The molecule has 106 valence electrons. The van der Waals surface area contributed by atoms with Crippen LogP contribution in [0.4, 0.5) is 5.95 Å². The quantitative estimate of drug-likeness (QED) is 0.848. The smallest absolute Gasteiger partial charge is 0.233 e. The number of piperidine rings is 1. The summed E-state index contributed by atoms with van der Waals surface area (Å²) in [5, 5.41) is 8.63. The van der Waals surface area contributed by atoms with Crippen LogP contribution in [-0.2, 0) is 4.79 Å². The van der Waals surface area contributed by atoms with E-state index in [1.807, 2.05) is 23.3 Å². The Labute approximate surface area is 117 Å². The van der Waals surface area contributed by atoms with Crippen LogP contribution in [0.2, 0.25) is 0 Å². The normalized spacial score (nSPS) is 16.1. The van der Waals surface area contributed by atoms with Crippen LogP contribution in [0.25, 0.3) is 0 Å². The minimum absolute atomic E-state index is 0.182. The van der Waals surface area contributed by atoms with Crippen molar-refractivity contribution in [3.05, 3.63) is 0 Å². The monoisotopic (exact) mass is 283 g/mol. The molecule has 1 fully saturated rings.